The SMILES string of the molecule is CCn1nc(CNc2ccc(F)c(Cl)c2)c2ccccc21. The van der Waals surface area contributed by atoms with Gasteiger partial charge in [-0.1, -0.05) is 29.8 Å². The van der Waals surface area contributed by atoms with Crippen LogP contribution >= 0.6 is 11.6 Å². The molecule has 2 aromatic carbocycles. The second-order valence-electron chi connectivity index (χ2n) is 4.76. The molecule has 21 heavy (non-hydrogen) atoms. The maximum atomic E-state index is 13.1. The highest BCUT2D eigenvalue weighted by Gasteiger charge is 2.09. The monoisotopic (exact) mass is 303 g/mol. The summed E-state index contributed by atoms with van der Waals surface area (Å²) in [5.74, 6) is -0.414. The molecule has 0 saturated heterocycles. The third-order valence-corrected chi connectivity index (χ3v) is 3.70. The van der Waals surface area contributed by atoms with E-state index >= 15 is 0 Å². The van der Waals surface area contributed by atoms with Crippen molar-refractivity contribution < 1.29 is 4.39 Å². The van der Waals surface area contributed by atoms with E-state index in [0.717, 1.165) is 28.8 Å². The molecule has 5 heteroatoms. The van der Waals surface area contributed by atoms with Gasteiger partial charge in [0.05, 0.1) is 22.8 Å². The zero-order chi connectivity index (χ0) is 14.8. The molecule has 3 nitrogen and oxygen atoms in total. The molecular weight excluding hydrogens is 289 g/mol. The van der Waals surface area contributed by atoms with Gasteiger partial charge in [0.2, 0.25) is 0 Å². The van der Waals surface area contributed by atoms with Gasteiger partial charge < -0.3 is 5.32 Å². The molecule has 0 aliphatic carbocycles. The van der Waals surface area contributed by atoms with Crippen molar-refractivity contribution in [3.8, 4) is 0 Å². The fourth-order valence-electron chi connectivity index (χ4n) is 2.36. The molecule has 0 radical (unpaired) electrons. The van der Waals surface area contributed by atoms with Crippen LogP contribution in [0.1, 0.15) is 12.6 Å². The Bertz CT molecular complexity index is 782. The van der Waals surface area contributed by atoms with Gasteiger partial charge in [0.1, 0.15) is 5.82 Å². The average Bonchev–Trinajstić information content (AvgIpc) is 2.87. The van der Waals surface area contributed by atoms with Crippen LogP contribution in [0.5, 0.6) is 0 Å². The molecule has 0 saturated carbocycles. The Labute approximate surface area is 127 Å². The zero-order valence-electron chi connectivity index (χ0n) is 11.6. The van der Waals surface area contributed by atoms with Crippen LogP contribution in [0, 0.1) is 5.82 Å². The lowest BCUT2D eigenvalue weighted by atomic mass is 10.2. The number of hydrogen-bond donors (Lipinski definition) is 1. The molecule has 108 valence electrons. The van der Waals surface area contributed by atoms with Crippen molar-refractivity contribution >= 4 is 28.2 Å². The van der Waals surface area contributed by atoms with E-state index in [-0.39, 0.29) is 5.02 Å². The molecule has 0 spiro atoms. The van der Waals surface area contributed by atoms with Crippen molar-refractivity contribution in [2.75, 3.05) is 5.32 Å². The number of rotatable bonds is 4. The molecule has 3 rings (SSSR count). The highest BCUT2D eigenvalue weighted by molar-refractivity contribution is 6.31. The van der Waals surface area contributed by atoms with E-state index in [0.29, 0.717) is 6.54 Å². The van der Waals surface area contributed by atoms with Gasteiger partial charge in [0.15, 0.2) is 0 Å². The van der Waals surface area contributed by atoms with Crippen LogP contribution < -0.4 is 5.32 Å². The number of nitrogens with zero attached hydrogens (tertiary/aromatic N) is 2. The van der Waals surface area contributed by atoms with Crippen LogP contribution in [0.4, 0.5) is 10.1 Å². The maximum absolute atomic E-state index is 13.1. The van der Waals surface area contributed by atoms with E-state index in [4.69, 9.17) is 11.6 Å². The Kier molecular flexibility index (Phi) is 3.80. The first-order valence-electron chi connectivity index (χ1n) is 6.82. The van der Waals surface area contributed by atoms with Crippen molar-refractivity contribution in [1.29, 1.82) is 0 Å². The van der Waals surface area contributed by atoms with E-state index < -0.39 is 5.82 Å². The van der Waals surface area contributed by atoms with E-state index in [9.17, 15) is 4.39 Å². The third kappa shape index (κ3) is 2.72. The molecule has 0 unspecified atom stereocenters. The summed E-state index contributed by atoms with van der Waals surface area (Å²) in [6.45, 7) is 3.45. The predicted octanol–water partition coefficient (Wildman–Crippen LogP) is 4.46. The third-order valence-electron chi connectivity index (χ3n) is 3.41. The Morgan fingerprint density at radius 2 is 2.05 bits per heavy atom. The number of hydrogen-bond acceptors (Lipinski definition) is 2. The Morgan fingerprint density at radius 1 is 1.24 bits per heavy atom. The first-order chi connectivity index (χ1) is 10.2. The van der Waals surface area contributed by atoms with Crippen molar-refractivity contribution in [2.45, 2.75) is 20.0 Å². The molecule has 0 fully saturated rings. The predicted molar refractivity (Wildman–Crippen MR) is 84.1 cm³/mol. The van der Waals surface area contributed by atoms with Crippen LogP contribution in [-0.4, -0.2) is 9.78 Å². The number of aromatic nitrogens is 2. The van der Waals surface area contributed by atoms with E-state index in [2.05, 4.69) is 29.5 Å². The summed E-state index contributed by atoms with van der Waals surface area (Å²) in [6.07, 6.45) is 0. The van der Waals surface area contributed by atoms with Crippen molar-refractivity contribution in [2.24, 2.45) is 0 Å². The van der Waals surface area contributed by atoms with Crippen LogP contribution in [-0.2, 0) is 13.1 Å². The van der Waals surface area contributed by atoms with Gasteiger partial charge in [0, 0.05) is 17.6 Å². The summed E-state index contributed by atoms with van der Waals surface area (Å²) in [5.41, 5.74) is 2.86. The lowest BCUT2D eigenvalue weighted by Gasteiger charge is -2.05. The van der Waals surface area contributed by atoms with E-state index in [1.165, 1.54) is 6.07 Å². The zero-order valence-corrected chi connectivity index (χ0v) is 12.4. The first-order valence-corrected chi connectivity index (χ1v) is 7.20. The van der Waals surface area contributed by atoms with Crippen LogP contribution in [0.15, 0.2) is 42.5 Å². The van der Waals surface area contributed by atoms with E-state index in [1.54, 1.807) is 12.1 Å². The fraction of sp³-hybridized carbons (Fsp3) is 0.188. The molecule has 0 aliphatic rings. The van der Waals surface area contributed by atoms with Gasteiger partial charge in [-0.3, -0.25) is 4.68 Å². The second kappa shape index (κ2) is 5.74. The summed E-state index contributed by atoms with van der Waals surface area (Å²) in [4.78, 5) is 0. The Morgan fingerprint density at radius 3 is 2.81 bits per heavy atom. The summed E-state index contributed by atoms with van der Waals surface area (Å²) in [6, 6.07) is 12.7. The van der Waals surface area contributed by atoms with Crippen molar-refractivity contribution in [3.05, 3.63) is 59.0 Å². The lowest BCUT2D eigenvalue weighted by Crippen LogP contribution is -2.02. The highest BCUT2D eigenvalue weighted by Crippen LogP contribution is 2.22. The van der Waals surface area contributed by atoms with Crippen molar-refractivity contribution in [3.63, 3.8) is 0 Å². The number of aryl methyl sites for hydroxylation is 1. The largest absolute Gasteiger partial charge is 0.379 e. The van der Waals surface area contributed by atoms with Gasteiger partial charge in [-0.25, -0.2) is 4.39 Å². The molecule has 0 atom stereocenters. The number of benzene rings is 2. The summed E-state index contributed by atoms with van der Waals surface area (Å²) in [5, 5.41) is 9.08. The van der Waals surface area contributed by atoms with Gasteiger partial charge in [0.25, 0.3) is 0 Å². The number of nitrogens with one attached hydrogen (secondary N) is 1. The average molecular weight is 304 g/mol. The van der Waals surface area contributed by atoms with Gasteiger partial charge in [-0.2, -0.15) is 5.10 Å². The molecule has 0 amide bonds. The normalized spacial score (nSPS) is 11.0. The second-order valence-corrected chi connectivity index (χ2v) is 5.17. The van der Waals surface area contributed by atoms with Gasteiger partial charge >= 0.3 is 0 Å². The molecule has 1 heterocycles. The number of halogens is 2. The quantitative estimate of drug-likeness (QED) is 0.771. The molecule has 1 N–H and O–H groups in total. The smallest absolute Gasteiger partial charge is 0.141 e. The minimum Gasteiger partial charge on any atom is -0.379 e. The number of fused-ring (bicyclic) bond motifs is 1. The minimum atomic E-state index is -0.414. The molecular formula is C16H15ClFN3. The first kappa shape index (κ1) is 13.9. The fourth-order valence-corrected chi connectivity index (χ4v) is 2.54. The Balaban J connectivity index is 1.86. The summed E-state index contributed by atoms with van der Waals surface area (Å²) >= 11 is 5.78. The molecule has 0 bridgehead atoms. The maximum Gasteiger partial charge on any atom is 0.141 e. The van der Waals surface area contributed by atoms with E-state index in [1.807, 2.05) is 16.8 Å². The van der Waals surface area contributed by atoms with Crippen LogP contribution in [0.3, 0.4) is 0 Å². The minimum absolute atomic E-state index is 0.115. The standard InChI is InChI=1S/C16H15ClFN3/c1-2-21-16-6-4-3-5-12(16)15(20-21)10-19-11-7-8-14(18)13(17)9-11/h3-9,19H,2,10H2,1H3. The van der Waals surface area contributed by atoms with Gasteiger partial charge in [-0.05, 0) is 31.2 Å². The molecule has 3 aromatic rings. The molecule has 1 aromatic heterocycles. The molecule has 0 aliphatic heterocycles. The summed E-state index contributed by atoms with van der Waals surface area (Å²) in [7, 11) is 0. The lowest BCUT2D eigenvalue weighted by molar-refractivity contribution is 0.628. The number of para-hydroxylation sites is 1. The van der Waals surface area contributed by atoms with Crippen LogP contribution in [0.2, 0.25) is 5.02 Å². The topological polar surface area (TPSA) is 29.9 Å². The van der Waals surface area contributed by atoms with Crippen LogP contribution in [0.25, 0.3) is 10.9 Å². The van der Waals surface area contributed by atoms with Crippen molar-refractivity contribution in [1.82, 2.24) is 9.78 Å². The number of anilines is 1. The van der Waals surface area contributed by atoms with Gasteiger partial charge in [-0.15, -0.1) is 0 Å². The highest BCUT2D eigenvalue weighted by atomic mass is 35.5. The summed E-state index contributed by atoms with van der Waals surface area (Å²) < 4.78 is 15.1. The Hall–Kier alpha value is -2.07.